The molecule has 1 atom stereocenters. The summed E-state index contributed by atoms with van der Waals surface area (Å²) in [6, 6.07) is 0. The van der Waals surface area contributed by atoms with E-state index in [0.717, 1.165) is 5.25 Å². The van der Waals surface area contributed by atoms with Gasteiger partial charge in [0, 0.05) is 42.7 Å². The molecule has 1 N–H and O–H groups in total. The third-order valence-corrected chi connectivity index (χ3v) is 5.93. The van der Waals surface area contributed by atoms with Crippen LogP contribution in [-0.2, 0) is 0 Å². The highest BCUT2D eigenvalue weighted by molar-refractivity contribution is 7.99. The van der Waals surface area contributed by atoms with E-state index in [-0.39, 0.29) is 5.54 Å². The number of hydrogen-bond acceptors (Lipinski definition) is 3. The van der Waals surface area contributed by atoms with Crippen LogP contribution in [0.5, 0.6) is 0 Å². The predicted octanol–water partition coefficient (Wildman–Crippen LogP) is 3.76. The average Bonchev–Trinajstić information content (AvgIpc) is 2.37. The van der Waals surface area contributed by atoms with Crippen molar-refractivity contribution in [3.05, 3.63) is 0 Å². The van der Waals surface area contributed by atoms with Crippen molar-refractivity contribution in [3.8, 4) is 0 Å². The Morgan fingerprint density at radius 3 is 2.50 bits per heavy atom. The van der Waals surface area contributed by atoms with Gasteiger partial charge in [-0.2, -0.15) is 11.8 Å². The number of thioether (sulfide) groups is 1. The van der Waals surface area contributed by atoms with E-state index in [9.17, 15) is 0 Å². The lowest BCUT2D eigenvalue weighted by atomic mass is 9.73. The van der Waals surface area contributed by atoms with Gasteiger partial charge < -0.3 is 10.2 Å². The van der Waals surface area contributed by atoms with E-state index in [4.69, 9.17) is 0 Å². The molecule has 0 aromatic rings. The van der Waals surface area contributed by atoms with E-state index in [1.807, 2.05) is 0 Å². The van der Waals surface area contributed by atoms with Gasteiger partial charge in [-0.25, -0.2) is 0 Å². The molecule has 2 fully saturated rings. The summed E-state index contributed by atoms with van der Waals surface area (Å²) in [5.41, 5.74) is 0.781. The Bertz CT molecular complexity index is 292. The molecule has 2 nitrogen and oxygen atoms in total. The molecule has 1 aliphatic carbocycles. The van der Waals surface area contributed by atoms with E-state index in [0.29, 0.717) is 5.41 Å². The summed E-state index contributed by atoms with van der Waals surface area (Å²) < 4.78 is 0. The molecule has 0 bridgehead atoms. The Morgan fingerprint density at radius 2 is 1.90 bits per heavy atom. The van der Waals surface area contributed by atoms with Crippen molar-refractivity contribution in [2.45, 2.75) is 70.6 Å². The van der Waals surface area contributed by atoms with Crippen molar-refractivity contribution in [2.24, 2.45) is 5.41 Å². The first-order chi connectivity index (χ1) is 9.39. The van der Waals surface area contributed by atoms with Gasteiger partial charge in [0.1, 0.15) is 0 Å². The molecule has 0 amide bonds. The van der Waals surface area contributed by atoms with Crippen LogP contribution in [0, 0.1) is 5.41 Å². The highest BCUT2D eigenvalue weighted by atomic mass is 32.2. The van der Waals surface area contributed by atoms with Gasteiger partial charge in [0.25, 0.3) is 0 Å². The molecule has 1 aliphatic heterocycles. The SMILES string of the molecule is CC1CN(CC2(CNC(C)(C)C)CCCCC2)CCS1. The molecule has 0 spiro atoms. The Morgan fingerprint density at radius 1 is 1.20 bits per heavy atom. The van der Waals surface area contributed by atoms with Crippen LogP contribution in [0.1, 0.15) is 59.8 Å². The highest BCUT2D eigenvalue weighted by Crippen LogP contribution is 2.37. The Hall–Kier alpha value is 0.270. The fourth-order valence-corrected chi connectivity index (χ4v) is 4.74. The quantitative estimate of drug-likeness (QED) is 0.850. The maximum Gasteiger partial charge on any atom is 0.0147 e. The first-order valence-corrected chi connectivity index (χ1v) is 9.53. The minimum Gasteiger partial charge on any atom is -0.311 e. The summed E-state index contributed by atoms with van der Waals surface area (Å²) in [5.74, 6) is 1.32. The minimum atomic E-state index is 0.246. The second-order valence-corrected chi connectivity index (χ2v) is 9.63. The van der Waals surface area contributed by atoms with Gasteiger partial charge in [-0.1, -0.05) is 26.2 Å². The lowest BCUT2D eigenvalue weighted by molar-refractivity contribution is 0.0972. The van der Waals surface area contributed by atoms with Crippen LogP contribution < -0.4 is 5.32 Å². The van der Waals surface area contributed by atoms with Crippen LogP contribution in [0.3, 0.4) is 0 Å². The van der Waals surface area contributed by atoms with Gasteiger partial charge in [-0.3, -0.25) is 0 Å². The van der Waals surface area contributed by atoms with Gasteiger partial charge in [-0.05, 0) is 39.0 Å². The lowest BCUT2D eigenvalue weighted by Crippen LogP contribution is -2.51. The molecule has 2 rings (SSSR count). The summed E-state index contributed by atoms with van der Waals surface area (Å²) in [6.07, 6.45) is 7.17. The predicted molar refractivity (Wildman–Crippen MR) is 91.6 cm³/mol. The molecule has 0 aromatic heterocycles. The van der Waals surface area contributed by atoms with Crippen LogP contribution in [0.2, 0.25) is 0 Å². The largest absolute Gasteiger partial charge is 0.311 e. The van der Waals surface area contributed by atoms with Crippen molar-refractivity contribution < 1.29 is 0 Å². The summed E-state index contributed by atoms with van der Waals surface area (Å²) in [4.78, 5) is 2.75. The van der Waals surface area contributed by atoms with E-state index >= 15 is 0 Å². The fourth-order valence-electron chi connectivity index (χ4n) is 3.65. The molecular weight excluding hydrogens is 264 g/mol. The number of rotatable bonds is 4. The smallest absolute Gasteiger partial charge is 0.0147 e. The zero-order chi connectivity index (χ0) is 14.6. The molecule has 2 aliphatic rings. The normalized spacial score (nSPS) is 28.5. The minimum absolute atomic E-state index is 0.246. The van der Waals surface area contributed by atoms with Crippen LogP contribution in [0.25, 0.3) is 0 Å². The van der Waals surface area contributed by atoms with Crippen molar-refractivity contribution in [2.75, 3.05) is 31.9 Å². The molecule has 3 heteroatoms. The summed E-state index contributed by atoms with van der Waals surface area (Å²) in [5, 5.41) is 4.62. The van der Waals surface area contributed by atoms with Crippen molar-refractivity contribution in [3.63, 3.8) is 0 Å². The zero-order valence-electron chi connectivity index (χ0n) is 14.0. The van der Waals surface area contributed by atoms with Gasteiger partial charge in [0.15, 0.2) is 0 Å². The lowest BCUT2D eigenvalue weighted by Gasteiger charge is -2.44. The monoisotopic (exact) mass is 298 g/mol. The van der Waals surface area contributed by atoms with Crippen LogP contribution in [-0.4, -0.2) is 47.6 Å². The van der Waals surface area contributed by atoms with Crippen molar-refractivity contribution in [1.82, 2.24) is 10.2 Å². The van der Waals surface area contributed by atoms with Gasteiger partial charge in [-0.15, -0.1) is 0 Å². The average molecular weight is 299 g/mol. The van der Waals surface area contributed by atoms with Crippen LogP contribution >= 0.6 is 11.8 Å². The maximum absolute atomic E-state index is 3.80. The molecule has 20 heavy (non-hydrogen) atoms. The third-order valence-electron chi connectivity index (χ3n) is 4.79. The first kappa shape index (κ1) is 16.6. The number of nitrogens with zero attached hydrogens (tertiary/aromatic N) is 1. The second-order valence-electron chi connectivity index (χ2n) is 8.08. The summed E-state index contributed by atoms with van der Waals surface area (Å²) in [6.45, 7) is 14.4. The maximum atomic E-state index is 3.80. The van der Waals surface area contributed by atoms with E-state index in [1.165, 1.54) is 64.0 Å². The highest BCUT2D eigenvalue weighted by Gasteiger charge is 2.35. The number of hydrogen-bond donors (Lipinski definition) is 1. The summed E-state index contributed by atoms with van der Waals surface area (Å²) >= 11 is 2.14. The molecule has 0 aromatic carbocycles. The Labute approximate surface area is 130 Å². The molecular formula is C17H34N2S. The standard InChI is InChI=1S/C17H34N2S/c1-15-12-19(10-11-20-15)14-17(8-6-5-7-9-17)13-18-16(2,3)4/h15,18H,5-14H2,1-4H3. The van der Waals surface area contributed by atoms with Crippen molar-refractivity contribution >= 4 is 11.8 Å². The Balaban J connectivity index is 1.95. The summed E-state index contributed by atoms with van der Waals surface area (Å²) in [7, 11) is 0. The Kier molecular flexibility index (Phi) is 5.84. The first-order valence-electron chi connectivity index (χ1n) is 8.48. The molecule has 1 heterocycles. The molecule has 118 valence electrons. The number of nitrogens with one attached hydrogen (secondary N) is 1. The van der Waals surface area contributed by atoms with Crippen LogP contribution in [0.15, 0.2) is 0 Å². The third kappa shape index (κ3) is 5.23. The molecule has 1 unspecified atom stereocenters. The fraction of sp³-hybridized carbons (Fsp3) is 1.00. The van der Waals surface area contributed by atoms with Gasteiger partial charge in [0.2, 0.25) is 0 Å². The second kappa shape index (κ2) is 7.02. The molecule has 0 radical (unpaired) electrons. The van der Waals surface area contributed by atoms with Crippen molar-refractivity contribution in [1.29, 1.82) is 0 Å². The zero-order valence-corrected chi connectivity index (χ0v) is 14.8. The van der Waals surface area contributed by atoms with E-state index in [2.05, 4.69) is 49.7 Å². The topological polar surface area (TPSA) is 15.3 Å². The van der Waals surface area contributed by atoms with Gasteiger partial charge in [0.05, 0.1) is 0 Å². The van der Waals surface area contributed by atoms with E-state index in [1.54, 1.807) is 0 Å². The molecule has 1 saturated carbocycles. The molecule has 1 saturated heterocycles. The van der Waals surface area contributed by atoms with Crippen LogP contribution in [0.4, 0.5) is 0 Å². The van der Waals surface area contributed by atoms with Gasteiger partial charge >= 0.3 is 0 Å². The van der Waals surface area contributed by atoms with E-state index < -0.39 is 0 Å².